The third-order valence-electron chi connectivity index (χ3n) is 2.55. The van der Waals surface area contributed by atoms with Gasteiger partial charge in [0.1, 0.15) is 13.2 Å². The van der Waals surface area contributed by atoms with E-state index in [-0.39, 0.29) is 5.01 Å². The maximum atomic E-state index is 11.1. The Bertz CT molecular complexity index is 721. The first-order valence-electron chi connectivity index (χ1n) is 5.75. The first-order valence-corrected chi connectivity index (χ1v) is 5.75. The lowest BCUT2D eigenvalue weighted by molar-refractivity contribution is -0.757. The minimum Gasteiger partial charge on any atom is -0.312 e. The molecule has 0 fully saturated rings. The second kappa shape index (κ2) is 7.26. The van der Waals surface area contributed by atoms with Crippen molar-refractivity contribution in [1.29, 1.82) is 5.26 Å². The summed E-state index contributed by atoms with van der Waals surface area (Å²) in [6, 6.07) is 2.70. The molecule has 0 atom stereocenters. The van der Waals surface area contributed by atoms with E-state index < -0.39 is 55.7 Å². The standard InChI is InChI=1S/C9H6N6O9/c10-5-6-3-7(12(16)17)9(8(4-6)13(18)19)11(14(20)21)1-2-24-15(22)23/h3-4H,1-2H2. The molecule has 0 saturated heterocycles. The molecule has 15 heteroatoms. The number of hydrazine groups is 1. The van der Waals surface area contributed by atoms with Gasteiger partial charge in [0.05, 0.1) is 21.5 Å². The topological polar surface area (TPSA) is 209 Å². The van der Waals surface area contributed by atoms with Crippen molar-refractivity contribution in [3.8, 4) is 6.07 Å². The van der Waals surface area contributed by atoms with Gasteiger partial charge in [0.25, 0.3) is 10.8 Å². The summed E-state index contributed by atoms with van der Waals surface area (Å²) in [6.07, 6.45) is 0. The molecule has 0 bridgehead atoms. The molecule has 24 heavy (non-hydrogen) atoms. The van der Waals surface area contributed by atoms with Crippen molar-refractivity contribution in [3.63, 3.8) is 0 Å². The summed E-state index contributed by atoms with van der Waals surface area (Å²) < 4.78 is 0. The quantitative estimate of drug-likeness (QED) is 0.471. The van der Waals surface area contributed by atoms with Gasteiger partial charge in [-0.15, -0.1) is 10.1 Å². The average molecular weight is 342 g/mol. The molecule has 1 aromatic rings. The van der Waals surface area contributed by atoms with Crippen LogP contribution in [-0.2, 0) is 4.84 Å². The van der Waals surface area contributed by atoms with E-state index in [0.717, 1.165) is 0 Å². The van der Waals surface area contributed by atoms with Gasteiger partial charge in [-0.1, -0.05) is 5.01 Å². The van der Waals surface area contributed by atoms with Crippen LogP contribution in [0.15, 0.2) is 12.1 Å². The van der Waals surface area contributed by atoms with E-state index in [0.29, 0.717) is 12.1 Å². The van der Waals surface area contributed by atoms with Crippen LogP contribution in [0.5, 0.6) is 0 Å². The summed E-state index contributed by atoms with van der Waals surface area (Å²) in [5.41, 5.74) is -3.62. The fourth-order valence-electron chi connectivity index (χ4n) is 1.69. The van der Waals surface area contributed by atoms with Crippen molar-refractivity contribution < 1.29 is 24.8 Å². The minimum absolute atomic E-state index is 0.0269. The third kappa shape index (κ3) is 3.97. The van der Waals surface area contributed by atoms with Gasteiger partial charge < -0.3 is 4.84 Å². The summed E-state index contributed by atoms with van der Waals surface area (Å²) in [5.74, 6) is 0. The van der Waals surface area contributed by atoms with Crippen molar-refractivity contribution in [3.05, 3.63) is 58.2 Å². The smallest absolute Gasteiger partial charge is 0.307 e. The maximum absolute atomic E-state index is 11.1. The molecule has 1 aromatic carbocycles. The Morgan fingerprint density at radius 2 is 1.54 bits per heavy atom. The van der Waals surface area contributed by atoms with Crippen molar-refractivity contribution in [1.82, 2.24) is 0 Å². The zero-order valence-corrected chi connectivity index (χ0v) is 11.4. The summed E-state index contributed by atoms with van der Waals surface area (Å²) in [7, 11) is 0. The number of nitro benzene ring substituents is 2. The van der Waals surface area contributed by atoms with Crippen molar-refractivity contribution in [2.75, 3.05) is 18.2 Å². The first-order chi connectivity index (χ1) is 11.2. The van der Waals surface area contributed by atoms with Crippen LogP contribution in [-0.4, -0.2) is 33.1 Å². The molecule has 0 spiro atoms. The molecule has 0 amide bonds. The fourth-order valence-corrected chi connectivity index (χ4v) is 1.69. The van der Waals surface area contributed by atoms with Crippen LogP contribution in [0.3, 0.4) is 0 Å². The van der Waals surface area contributed by atoms with E-state index in [9.17, 15) is 40.5 Å². The van der Waals surface area contributed by atoms with Gasteiger partial charge in [0.15, 0.2) is 5.03 Å². The molecule has 0 radical (unpaired) electrons. The largest absolute Gasteiger partial charge is 0.312 e. The maximum Gasteiger partial charge on any atom is 0.307 e. The van der Waals surface area contributed by atoms with Crippen molar-refractivity contribution in [2.45, 2.75) is 0 Å². The Labute approximate surface area is 130 Å². The molecular formula is C9H6N6O9. The predicted octanol–water partition coefficient (Wildman–Crippen LogP) is 0.581. The fraction of sp³-hybridized carbons (Fsp3) is 0.222. The Balaban J connectivity index is 3.52. The third-order valence-corrected chi connectivity index (χ3v) is 2.55. The van der Waals surface area contributed by atoms with E-state index in [1.54, 1.807) is 0 Å². The minimum atomic E-state index is -1.25. The van der Waals surface area contributed by atoms with Gasteiger partial charge in [-0.2, -0.15) is 5.26 Å². The van der Waals surface area contributed by atoms with Gasteiger partial charge in [-0.05, 0) is 0 Å². The molecule has 0 unspecified atom stereocenters. The van der Waals surface area contributed by atoms with Gasteiger partial charge in [0.2, 0.25) is 0 Å². The number of nitriles is 1. The Morgan fingerprint density at radius 3 is 1.88 bits per heavy atom. The molecule has 126 valence electrons. The van der Waals surface area contributed by atoms with E-state index in [1.165, 1.54) is 6.07 Å². The highest BCUT2D eigenvalue weighted by atomic mass is 16.9. The summed E-state index contributed by atoms with van der Waals surface area (Å²) in [4.78, 5) is 44.8. The highest BCUT2D eigenvalue weighted by Crippen LogP contribution is 2.38. The Hall–Kier alpha value is -4.09. The summed E-state index contributed by atoms with van der Waals surface area (Å²) in [6.45, 7) is -1.76. The van der Waals surface area contributed by atoms with Crippen LogP contribution in [0, 0.1) is 51.8 Å². The monoisotopic (exact) mass is 342 g/mol. The lowest BCUT2D eigenvalue weighted by atomic mass is 10.1. The van der Waals surface area contributed by atoms with Crippen molar-refractivity contribution in [2.24, 2.45) is 0 Å². The normalized spacial score (nSPS) is 9.62. The highest BCUT2D eigenvalue weighted by molar-refractivity contribution is 5.76. The molecule has 15 nitrogen and oxygen atoms in total. The molecular weight excluding hydrogens is 336 g/mol. The number of benzene rings is 1. The van der Waals surface area contributed by atoms with Crippen molar-refractivity contribution >= 4 is 17.1 Å². The SMILES string of the molecule is N#Cc1cc([N+](=O)[O-])c(N(CCO[N+](=O)[O-])[N+](=O)[O-])c([N+](=O)[O-])c1. The molecule has 0 aliphatic rings. The van der Waals surface area contributed by atoms with Crippen LogP contribution in [0.2, 0.25) is 0 Å². The molecule has 0 aliphatic carbocycles. The van der Waals surface area contributed by atoms with Crippen LogP contribution in [0.25, 0.3) is 0 Å². The Morgan fingerprint density at radius 1 is 1.04 bits per heavy atom. The number of rotatable bonds is 8. The number of hydrogen-bond acceptors (Lipinski definition) is 10. The van der Waals surface area contributed by atoms with E-state index >= 15 is 0 Å². The molecule has 0 aliphatic heterocycles. The van der Waals surface area contributed by atoms with E-state index in [2.05, 4.69) is 4.84 Å². The second-order valence-electron chi connectivity index (χ2n) is 3.91. The van der Waals surface area contributed by atoms with Gasteiger partial charge in [-0.3, -0.25) is 20.2 Å². The van der Waals surface area contributed by atoms with E-state index in [1.807, 2.05) is 0 Å². The van der Waals surface area contributed by atoms with Crippen LogP contribution in [0.4, 0.5) is 17.1 Å². The average Bonchev–Trinajstić information content (AvgIpc) is 2.49. The van der Waals surface area contributed by atoms with Crippen LogP contribution >= 0.6 is 0 Å². The van der Waals surface area contributed by atoms with Crippen LogP contribution < -0.4 is 5.01 Å². The van der Waals surface area contributed by atoms with Gasteiger partial charge >= 0.3 is 11.4 Å². The van der Waals surface area contributed by atoms with E-state index in [4.69, 9.17) is 5.26 Å². The number of anilines is 1. The second-order valence-corrected chi connectivity index (χ2v) is 3.91. The molecule has 0 N–H and O–H groups in total. The summed E-state index contributed by atoms with van der Waals surface area (Å²) >= 11 is 0. The number of nitrogens with zero attached hydrogens (tertiary/aromatic N) is 6. The number of nitro groups is 3. The predicted molar refractivity (Wildman–Crippen MR) is 71.8 cm³/mol. The van der Waals surface area contributed by atoms with Gasteiger partial charge in [-0.25, -0.2) is 10.1 Å². The zero-order valence-electron chi connectivity index (χ0n) is 11.4. The van der Waals surface area contributed by atoms with Gasteiger partial charge in [0, 0.05) is 12.1 Å². The Kier molecular flexibility index (Phi) is 5.43. The lowest BCUT2D eigenvalue weighted by Gasteiger charge is -2.13. The first kappa shape index (κ1) is 18.0. The molecule has 0 heterocycles. The zero-order chi connectivity index (χ0) is 18.4. The summed E-state index contributed by atoms with van der Waals surface area (Å²) in [5, 5.41) is 49.5. The lowest BCUT2D eigenvalue weighted by Crippen LogP contribution is -2.34. The molecule has 0 saturated carbocycles. The molecule has 1 rings (SSSR count). The number of hydrogen-bond donors (Lipinski definition) is 0. The highest BCUT2D eigenvalue weighted by Gasteiger charge is 2.37. The van der Waals surface area contributed by atoms with Crippen LogP contribution in [0.1, 0.15) is 5.56 Å². The molecule has 0 aromatic heterocycles.